The van der Waals surface area contributed by atoms with Gasteiger partial charge in [-0.05, 0) is 50.1 Å². The molecule has 28 heavy (non-hydrogen) atoms. The van der Waals surface area contributed by atoms with E-state index in [9.17, 15) is 13.2 Å². The van der Waals surface area contributed by atoms with Crippen LogP contribution in [-0.4, -0.2) is 49.7 Å². The fourth-order valence-corrected chi connectivity index (χ4v) is 5.57. The van der Waals surface area contributed by atoms with Crippen LogP contribution in [0.3, 0.4) is 0 Å². The van der Waals surface area contributed by atoms with E-state index in [1.165, 1.54) is 4.31 Å². The Morgan fingerprint density at radius 2 is 1.61 bits per heavy atom. The molecule has 0 unspecified atom stereocenters. The Morgan fingerprint density at radius 3 is 2.18 bits per heavy atom. The molecule has 1 saturated heterocycles. The number of hydrogen-bond donors (Lipinski definition) is 0. The van der Waals surface area contributed by atoms with Crippen molar-refractivity contribution in [2.45, 2.75) is 25.7 Å². The summed E-state index contributed by atoms with van der Waals surface area (Å²) in [4.78, 5) is 14.7. The minimum Gasteiger partial charge on any atom is -0.336 e. The zero-order valence-electron chi connectivity index (χ0n) is 16.3. The predicted molar refractivity (Wildman–Crippen MR) is 106 cm³/mol. The third kappa shape index (κ3) is 3.79. The van der Waals surface area contributed by atoms with Gasteiger partial charge in [-0.1, -0.05) is 23.8 Å². The number of piperazine rings is 1. The highest BCUT2D eigenvalue weighted by atomic mass is 32.2. The van der Waals surface area contributed by atoms with E-state index in [1.54, 1.807) is 29.2 Å². The Hall–Kier alpha value is -2.69. The van der Waals surface area contributed by atoms with Crippen molar-refractivity contribution in [2.75, 3.05) is 26.2 Å². The number of sulfonamides is 1. The molecule has 3 rings (SSSR count). The number of carbonyl (C=O) groups excluding carboxylic acids is 1. The highest BCUT2D eigenvalue weighted by Crippen LogP contribution is 2.26. The first-order chi connectivity index (χ1) is 13.2. The molecule has 2 aromatic carbocycles. The molecular weight excluding hydrogens is 374 g/mol. The van der Waals surface area contributed by atoms with Crippen molar-refractivity contribution in [3.8, 4) is 6.07 Å². The van der Waals surface area contributed by atoms with Crippen LogP contribution in [0, 0.1) is 32.1 Å². The van der Waals surface area contributed by atoms with E-state index in [-0.39, 0.29) is 19.0 Å². The van der Waals surface area contributed by atoms with Crippen molar-refractivity contribution in [3.63, 3.8) is 0 Å². The molecule has 1 fully saturated rings. The molecule has 2 aromatic rings. The zero-order chi connectivity index (χ0) is 20.5. The van der Waals surface area contributed by atoms with Gasteiger partial charge < -0.3 is 4.90 Å². The van der Waals surface area contributed by atoms with Crippen molar-refractivity contribution in [1.29, 1.82) is 5.26 Å². The van der Waals surface area contributed by atoms with Crippen LogP contribution in [0.4, 0.5) is 0 Å². The van der Waals surface area contributed by atoms with E-state index in [1.807, 2.05) is 39.0 Å². The molecule has 0 atom stereocenters. The zero-order valence-corrected chi connectivity index (χ0v) is 17.1. The highest BCUT2D eigenvalue weighted by molar-refractivity contribution is 7.89. The lowest BCUT2D eigenvalue weighted by molar-refractivity contribution is 0.0698. The predicted octanol–water partition coefficient (Wildman–Crippen LogP) is 2.63. The molecule has 6 nitrogen and oxygen atoms in total. The largest absolute Gasteiger partial charge is 0.336 e. The molecule has 0 N–H and O–H groups in total. The number of nitriles is 1. The second-order valence-corrected chi connectivity index (χ2v) is 8.99. The van der Waals surface area contributed by atoms with Crippen LogP contribution >= 0.6 is 0 Å². The van der Waals surface area contributed by atoms with Crippen LogP contribution in [0.2, 0.25) is 0 Å². The SMILES string of the molecule is Cc1cc(C)c(S(=O)(=O)N2CCN(C(=O)c3cccc(C#N)c3)CC2)c(C)c1. The van der Waals surface area contributed by atoms with Crippen LogP contribution in [0.5, 0.6) is 0 Å². The van der Waals surface area contributed by atoms with Gasteiger partial charge in [0, 0.05) is 31.7 Å². The Kier molecular flexibility index (Phi) is 5.54. The molecule has 1 aliphatic rings. The smallest absolute Gasteiger partial charge is 0.253 e. The fourth-order valence-electron chi connectivity index (χ4n) is 3.74. The molecule has 0 aromatic heterocycles. The first-order valence-corrected chi connectivity index (χ1v) is 10.6. The van der Waals surface area contributed by atoms with Crippen LogP contribution < -0.4 is 0 Å². The summed E-state index contributed by atoms with van der Waals surface area (Å²) >= 11 is 0. The molecule has 146 valence electrons. The Labute approximate surface area is 166 Å². The quantitative estimate of drug-likeness (QED) is 0.797. The molecule has 7 heteroatoms. The minimum absolute atomic E-state index is 0.183. The summed E-state index contributed by atoms with van der Waals surface area (Å²) in [7, 11) is -3.61. The molecule has 0 spiro atoms. The van der Waals surface area contributed by atoms with Gasteiger partial charge in [-0.25, -0.2) is 8.42 Å². The van der Waals surface area contributed by atoms with Gasteiger partial charge >= 0.3 is 0 Å². The first-order valence-electron chi connectivity index (χ1n) is 9.11. The molecule has 0 radical (unpaired) electrons. The molecule has 1 aliphatic heterocycles. The maximum absolute atomic E-state index is 13.2. The van der Waals surface area contributed by atoms with E-state index < -0.39 is 10.0 Å². The van der Waals surface area contributed by atoms with Gasteiger partial charge in [-0.3, -0.25) is 4.79 Å². The molecule has 0 aliphatic carbocycles. The number of benzene rings is 2. The van der Waals surface area contributed by atoms with E-state index in [2.05, 4.69) is 0 Å². The van der Waals surface area contributed by atoms with E-state index in [0.29, 0.717) is 29.1 Å². The number of nitrogens with zero attached hydrogens (tertiary/aromatic N) is 3. The van der Waals surface area contributed by atoms with Gasteiger partial charge in [0.05, 0.1) is 16.5 Å². The average molecular weight is 398 g/mol. The average Bonchev–Trinajstić information content (AvgIpc) is 2.66. The highest BCUT2D eigenvalue weighted by Gasteiger charge is 2.32. The van der Waals surface area contributed by atoms with E-state index in [0.717, 1.165) is 16.7 Å². The first kappa shape index (κ1) is 20.1. The molecular formula is C21H23N3O3S. The maximum Gasteiger partial charge on any atom is 0.253 e. The van der Waals surface area contributed by atoms with Crippen LogP contribution in [0.15, 0.2) is 41.3 Å². The van der Waals surface area contributed by atoms with Crippen LogP contribution in [-0.2, 0) is 10.0 Å². The molecule has 0 saturated carbocycles. The Balaban J connectivity index is 1.76. The van der Waals surface area contributed by atoms with Crippen molar-refractivity contribution < 1.29 is 13.2 Å². The van der Waals surface area contributed by atoms with Gasteiger partial charge in [-0.15, -0.1) is 0 Å². The monoisotopic (exact) mass is 397 g/mol. The van der Waals surface area contributed by atoms with Gasteiger partial charge in [0.15, 0.2) is 0 Å². The Morgan fingerprint density at radius 1 is 1.00 bits per heavy atom. The van der Waals surface area contributed by atoms with Crippen LogP contribution in [0.1, 0.15) is 32.6 Å². The van der Waals surface area contributed by atoms with Crippen molar-refractivity contribution in [2.24, 2.45) is 0 Å². The summed E-state index contributed by atoms with van der Waals surface area (Å²) in [6.07, 6.45) is 0. The lowest BCUT2D eigenvalue weighted by Gasteiger charge is -2.34. The van der Waals surface area contributed by atoms with Crippen molar-refractivity contribution >= 4 is 15.9 Å². The summed E-state index contributed by atoms with van der Waals surface area (Å²) in [5.74, 6) is -0.183. The lowest BCUT2D eigenvalue weighted by Crippen LogP contribution is -2.50. The summed E-state index contributed by atoms with van der Waals surface area (Å²) in [5, 5.41) is 9.00. The molecule has 1 amide bonds. The van der Waals surface area contributed by atoms with Gasteiger partial charge in [0.25, 0.3) is 5.91 Å². The Bertz CT molecular complexity index is 1040. The summed E-state index contributed by atoms with van der Waals surface area (Å²) in [5.41, 5.74) is 3.38. The van der Waals surface area contributed by atoms with Gasteiger partial charge in [0.2, 0.25) is 10.0 Å². The minimum atomic E-state index is -3.61. The van der Waals surface area contributed by atoms with Crippen molar-refractivity contribution in [1.82, 2.24) is 9.21 Å². The molecule has 1 heterocycles. The third-order valence-corrected chi connectivity index (χ3v) is 7.17. The lowest BCUT2D eigenvalue weighted by atomic mass is 10.1. The number of aryl methyl sites for hydroxylation is 3. The third-order valence-electron chi connectivity index (χ3n) is 4.97. The number of hydrogen-bond acceptors (Lipinski definition) is 4. The summed E-state index contributed by atoms with van der Waals surface area (Å²) in [6.45, 7) is 6.71. The maximum atomic E-state index is 13.2. The standard InChI is InChI=1S/C21H23N3O3S/c1-15-11-16(2)20(17(3)12-15)28(26,27)24-9-7-23(8-10-24)21(25)19-6-4-5-18(13-19)14-22/h4-6,11-13H,7-10H2,1-3H3. The molecule has 0 bridgehead atoms. The number of rotatable bonds is 3. The number of amides is 1. The van der Waals surface area contributed by atoms with E-state index >= 15 is 0 Å². The summed E-state index contributed by atoms with van der Waals surface area (Å²) in [6, 6.07) is 12.3. The van der Waals surface area contributed by atoms with Crippen LogP contribution in [0.25, 0.3) is 0 Å². The second-order valence-electron chi connectivity index (χ2n) is 7.12. The number of carbonyl (C=O) groups is 1. The fraction of sp³-hybridized carbons (Fsp3) is 0.333. The van der Waals surface area contributed by atoms with E-state index in [4.69, 9.17) is 5.26 Å². The van der Waals surface area contributed by atoms with Gasteiger partial charge in [0.1, 0.15) is 0 Å². The second kappa shape index (κ2) is 7.74. The topological polar surface area (TPSA) is 81.5 Å². The van der Waals surface area contributed by atoms with Gasteiger partial charge in [-0.2, -0.15) is 9.57 Å². The summed E-state index contributed by atoms with van der Waals surface area (Å²) < 4.78 is 27.8. The van der Waals surface area contributed by atoms with Crippen molar-refractivity contribution in [3.05, 3.63) is 64.2 Å². The normalized spacial score (nSPS) is 15.3.